The van der Waals surface area contributed by atoms with Crippen LogP contribution >= 0.6 is 11.3 Å². The number of ether oxygens (including phenoxy) is 2. The summed E-state index contributed by atoms with van der Waals surface area (Å²) in [7, 11) is 3.07. The Hall–Kier alpha value is -3.85. The number of hydrogen-bond acceptors (Lipinski definition) is 6. The van der Waals surface area contributed by atoms with E-state index in [1.165, 1.54) is 36.5 Å². The van der Waals surface area contributed by atoms with Crippen LogP contribution in [0.4, 0.5) is 5.13 Å². The van der Waals surface area contributed by atoms with Gasteiger partial charge < -0.3 is 19.8 Å². The van der Waals surface area contributed by atoms with E-state index in [9.17, 15) is 9.59 Å². The summed E-state index contributed by atoms with van der Waals surface area (Å²) in [6, 6.07) is 13.1. The number of para-hydroxylation sites is 1. The van der Waals surface area contributed by atoms with Crippen molar-refractivity contribution in [3.8, 4) is 11.5 Å². The maximum absolute atomic E-state index is 12.9. The Kier molecular flexibility index (Phi) is 6.41. The fourth-order valence-electron chi connectivity index (χ4n) is 4.43. The van der Waals surface area contributed by atoms with Crippen LogP contribution in [-0.4, -0.2) is 42.5 Å². The summed E-state index contributed by atoms with van der Waals surface area (Å²) < 4.78 is 10.5. The van der Waals surface area contributed by atoms with Crippen molar-refractivity contribution < 1.29 is 19.1 Å². The number of hydrogen-bond donors (Lipinski definition) is 3. The Morgan fingerprint density at radius 1 is 1.14 bits per heavy atom. The molecule has 180 valence electrons. The number of nitrogens with zero attached hydrogens (tertiary/aromatic N) is 1. The van der Waals surface area contributed by atoms with Gasteiger partial charge in [-0.2, -0.15) is 0 Å². The second-order valence-corrected chi connectivity index (χ2v) is 9.46. The van der Waals surface area contributed by atoms with E-state index in [2.05, 4.69) is 26.7 Å². The van der Waals surface area contributed by atoms with Crippen molar-refractivity contribution in [3.05, 3.63) is 70.4 Å². The van der Waals surface area contributed by atoms with Crippen molar-refractivity contribution in [1.29, 1.82) is 0 Å². The first-order valence-corrected chi connectivity index (χ1v) is 12.2. The van der Waals surface area contributed by atoms with Gasteiger partial charge in [0.05, 0.1) is 25.8 Å². The molecule has 0 spiro atoms. The summed E-state index contributed by atoms with van der Waals surface area (Å²) in [6.45, 7) is 0.553. The molecule has 1 atom stereocenters. The molecule has 0 aliphatic heterocycles. The zero-order chi connectivity index (χ0) is 24.4. The minimum absolute atomic E-state index is 0.0238. The third-order valence-electron chi connectivity index (χ3n) is 6.24. The van der Waals surface area contributed by atoms with Gasteiger partial charge >= 0.3 is 0 Å². The number of thiazole rings is 1. The predicted octanol–water partition coefficient (Wildman–Crippen LogP) is 4.28. The number of methoxy groups -OCH3 is 2. The highest BCUT2D eigenvalue weighted by atomic mass is 32.1. The first-order valence-electron chi connectivity index (χ1n) is 11.4. The number of fused-ring (bicyclic) bond motifs is 2. The molecule has 2 amide bonds. The Labute approximate surface area is 206 Å². The molecule has 2 heterocycles. The highest BCUT2D eigenvalue weighted by Gasteiger charge is 2.32. The van der Waals surface area contributed by atoms with Gasteiger partial charge in [-0.15, -0.1) is 11.3 Å². The van der Waals surface area contributed by atoms with Crippen LogP contribution in [0.15, 0.2) is 48.7 Å². The average molecular weight is 491 g/mol. The molecule has 3 N–H and O–H groups in total. The van der Waals surface area contributed by atoms with Gasteiger partial charge in [0, 0.05) is 40.2 Å². The second kappa shape index (κ2) is 9.79. The Morgan fingerprint density at radius 2 is 1.91 bits per heavy atom. The van der Waals surface area contributed by atoms with Gasteiger partial charge in [0.2, 0.25) is 5.91 Å². The fourth-order valence-corrected chi connectivity index (χ4v) is 5.46. The zero-order valence-electron chi connectivity index (χ0n) is 19.5. The number of rotatable bonds is 8. The predicted molar refractivity (Wildman–Crippen MR) is 136 cm³/mol. The number of amides is 2. The molecule has 35 heavy (non-hydrogen) atoms. The molecule has 0 radical (unpaired) electrons. The van der Waals surface area contributed by atoms with Gasteiger partial charge in [-0.1, -0.05) is 18.2 Å². The van der Waals surface area contributed by atoms with Gasteiger partial charge in [-0.3, -0.25) is 14.9 Å². The minimum atomic E-state index is -0.311. The van der Waals surface area contributed by atoms with Crippen molar-refractivity contribution in [3.63, 3.8) is 0 Å². The third kappa shape index (κ3) is 4.72. The van der Waals surface area contributed by atoms with E-state index >= 15 is 0 Å². The monoisotopic (exact) mass is 490 g/mol. The number of benzene rings is 2. The van der Waals surface area contributed by atoms with Crippen LogP contribution in [-0.2, 0) is 17.6 Å². The van der Waals surface area contributed by atoms with Crippen LogP contribution in [0, 0.1) is 0 Å². The van der Waals surface area contributed by atoms with E-state index in [1.54, 1.807) is 18.2 Å². The molecule has 2 aromatic carbocycles. The number of aromatic amines is 1. The topological polar surface area (TPSA) is 105 Å². The summed E-state index contributed by atoms with van der Waals surface area (Å²) in [5, 5.41) is 7.58. The van der Waals surface area contributed by atoms with Crippen molar-refractivity contribution >= 4 is 39.2 Å². The summed E-state index contributed by atoms with van der Waals surface area (Å²) >= 11 is 1.42. The maximum Gasteiger partial charge on any atom is 0.257 e. The summed E-state index contributed by atoms with van der Waals surface area (Å²) in [4.78, 5) is 34.6. The molecule has 0 saturated carbocycles. The van der Waals surface area contributed by atoms with Gasteiger partial charge in [0.15, 0.2) is 5.13 Å². The Balaban J connectivity index is 1.22. The van der Waals surface area contributed by atoms with Crippen LogP contribution in [0.25, 0.3) is 10.9 Å². The first kappa shape index (κ1) is 22.9. The van der Waals surface area contributed by atoms with E-state index in [0.717, 1.165) is 35.4 Å². The standard InChI is InChI=1S/C26H26N4O4S/c1-33-17-11-16(12-18(13-17)34-2)24(31)30-26-29-23-20(7-8-22(23)35-26)25(32)27-10-9-15-14-28-21-6-4-3-5-19(15)21/h3-6,11-14,20,28H,7-10H2,1-2H3,(H,27,32)(H,29,30,31). The molecule has 1 aliphatic carbocycles. The largest absolute Gasteiger partial charge is 0.497 e. The van der Waals surface area contributed by atoms with Gasteiger partial charge in [0.1, 0.15) is 11.5 Å². The van der Waals surface area contributed by atoms with Crippen molar-refractivity contribution in [2.45, 2.75) is 25.2 Å². The van der Waals surface area contributed by atoms with Crippen LogP contribution in [0.2, 0.25) is 0 Å². The van der Waals surface area contributed by atoms with Gasteiger partial charge in [-0.05, 0) is 43.0 Å². The summed E-state index contributed by atoms with van der Waals surface area (Å²) in [6.07, 6.45) is 4.25. The number of carbonyl (C=O) groups is 2. The molecule has 8 nitrogen and oxygen atoms in total. The maximum atomic E-state index is 12.9. The molecule has 5 rings (SSSR count). The molecule has 1 aliphatic rings. The van der Waals surface area contributed by atoms with E-state index in [4.69, 9.17) is 9.47 Å². The lowest BCUT2D eigenvalue weighted by Gasteiger charge is -2.11. The lowest BCUT2D eigenvalue weighted by atomic mass is 10.1. The normalized spacial score (nSPS) is 14.5. The molecular formula is C26H26N4O4S. The van der Waals surface area contributed by atoms with Crippen molar-refractivity contribution in [1.82, 2.24) is 15.3 Å². The fraction of sp³-hybridized carbons (Fsp3) is 0.269. The molecule has 1 unspecified atom stereocenters. The molecule has 4 aromatic rings. The lowest BCUT2D eigenvalue weighted by Crippen LogP contribution is -2.30. The molecule has 0 fully saturated rings. The molecule has 0 saturated heterocycles. The van der Waals surface area contributed by atoms with Crippen LogP contribution < -0.4 is 20.1 Å². The molecule has 2 aromatic heterocycles. The summed E-state index contributed by atoms with van der Waals surface area (Å²) in [5.74, 6) is 0.423. The van der Waals surface area contributed by atoms with E-state index in [-0.39, 0.29) is 17.7 Å². The summed E-state index contributed by atoms with van der Waals surface area (Å²) in [5.41, 5.74) is 3.45. The number of carbonyl (C=O) groups excluding carboxylic acids is 2. The second-order valence-electron chi connectivity index (χ2n) is 8.37. The van der Waals surface area contributed by atoms with E-state index in [1.807, 2.05) is 24.4 Å². The number of anilines is 1. The van der Waals surface area contributed by atoms with Crippen molar-refractivity contribution in [2.75, 3.05) is 26.1 Å². The SMILES string of the molecule is COc1cc(OC)cc(C(=O)Nc2nc3c(s2)CCC3C(=O)NCCc2c[nH]c3ccccc23)c1. The highest BCUT2D eigenvalue weighted by Crippen LogP contribution is 2.38. The highest BCUT2D eigenvalue weighted by molar-refractivity contribution is 7.16. The van der Waals surface area contributed by atoms with Crippen LogP contribution in [0.3, 0.4) is 0 Å². The van der Waals surface area contributed by atoms with Gasteiger partial charge in [-0.25, -0.2) is 4.98 Å². The van der Waals surface area contributed by atoms with Crippen LogP contribution in [0.5, 0.6) is 11.5 Å². The third-order valence-corrected chi connectivity index (χ3v) is 7.28. The Morgan fingerprint density at radius 3 is 2.69 bits per heavy atom. The number of H-pyrrole nitrogens is 1. The first-order chi connectivity index (χ1) is 17.1. The molecule has 9 heteroatoms. The smallest absolute Gasteiger partial charge is 0.257 e. The van der Waals surface area contributed by atoms with Crippen molar-refractivity contribution in [2.24, 2.45) is 0 Å². The number of nitrogens with one attached hydrogen (secondary N) is 3. The molecular weight excluding hydrogens is 464 g/mol. The molecule has 0 bridgehead atoms. The zero-order valence-corrected chi connectivity index (χ0v) is 20.3. The lowest BCUT2D eigenvalue weighted by molar-refractivity contribution is -0.122. The Bertz CT molecular complexity index is 1370. The van der Waals surface area contributed by atoms with E-state index in [0.29, 0.717) is 28.7 Å². The number of aromatic nitrogens is 2. The van der Waals surface area contributed by atoms with Gasteiger partial charge in [0.25, 0.3) is 5.91 Å². The van der Waals surface area contributed by atoms with E-state index < -0.39 is 0 Å². The van der Waals surface area contributed by atoms with Crippen LogP contribution in [0.1, 0.15) is 38.8 Å². The minimum Gasteiger partial charge on any atom is -0.497 e. The number of aryl methyl sites for hydroxylation is 1. The quantitative estimate of drug-likeness (QED) is 0.342. The average Bonchev–Trinajstić information content (AvgIpc) is 3.58.